The Morgan fingerprint density at radius 3 is 1.41 bits per heavy atom. The summed E-state index contributed by atoms with van der Waals surface area (Å²) < 4.78 is 39.2. The first kappa shape index (κ1) is 16.7. The number of alkyl halides is 3. The van der Waals surface area contributed by atoms with E-state index in [-0.39, 0.29) is 0 Å². The number of amides is 1. The monoisotopic (exact) mass is 285 g/mol. The van der Waals surface area contributed by atoms with Crippen LogP contribution in [0.4, 0.5) is 13.2 Å². The molecule has 0 heterocycles. The van der Waals surface area contributed by atoms with Gasteiger partial charge in [0.1, 0.15) is 17.9 Å². The van der Waals surface area contributed by atoms with Gasteiger partial charge in [0.25, 0.3) is 0 Å². The normalized spacial score (nSPS) is 12.3. The van der Waals surface area contributed by atoms with E-state index >= 15 is 0 Å². The molecule has 0 N–H and O–H groups in total. The molecule has 0 unspecified atom stereocenters. The summed E-state index contributed by atoms with van der Waals surface area (Å²) in [4.78, 5) is 11.6. The predicted molar refractivity (Wildman–Crippen MR) is 69.1 cm³/mol. The standard InChI is InChI=1S/C10H22F3NOSi2/c1-5-16(6-2)14(17(7-3)8-4)9(15)10(11,12)13/h16-17H,5-8H2,1-4H3. The lowest BCUT2D eigenvalue weighted by Crippen LogP contribution is -2.56. The molecule has 0 saturated carbocycles. The van der Waals surface area contributed by atoms with Gasteiger partial charge in [0.05, 0.1) is 0 Å². The van der Waals surface area contributed by atoms with Crippen molar-refractivity contribution in [3.05, 3.63) is 0 Å². The maximum Gasteiger partial charge on any atom is 0.469 e. The second-order valence-electron chi connectivity index (χ2n) is 4.15. The Kier molecular flexibility index (Phi) is 7.07. The highest BCUT2D eigenvalue weighted by molar-refractivity contribution is 6.76. The van der Waals surface area contributed by atoms with E-state index < -0.39 is 30.0 Å². The zero-order valence-electron chi connectivity index (χ0n) is 11.0. The highest BCUT2D eigenvalue weighted by Gasteiger charge is 2.45. The first-order valence-corrected chi connectivity index (χ1v) is 10.5. The minimum atomic E-state index is -4.70. The van der Waals surface area contributed by atoms with E-state index in [1.807, 2.05) is 27.7 Å². The molecule has 0 aromatic rings. The van der Waals surface area contributed by atoms with Crippen LogP contribution in [-0.2, 0) is 4.79 Å². The van der Waals surface area contributed by atoms with Crippen molar-refractivity contribution in [2.45, 2.75) is 58.0 Å². The molecule has 0 atom stereocenters. The number of rotatable bonds is 6. The zero-order chi connectivity index (χ0) is 13.6. The molecule has 7 heteroatoms. The largest absolute Gasteiger partial charge is 0.469 e. The van der Waals surface area contributed by atoms with Gasteiger partial charge in [0.2, 0.25) is 0 Å². The molecule has 0 bridgehead atoms. The molecule has 0 aromatic heterocycles. The van der Waals surface area contributed by atoms with Gasteiger partial charge in [0.15, 0.2) is 0 Å². The van der Waals surface area contributed by atoms with Crippen LogP contribution in [0.3, 0.4) is 0 Å². The van der Waals surface area contributed by atoms with Crippen LogP contribution in [0.2, 0.25) is 24.2 Å². The summed E-state index contributed by atoms with van der Waals surface area (Å²) in [5.41, 5.74) is 0. The molecular weight excluding hydrogens is 263 g/mol. The molecule has 1 amide bonds. The van der Waals surface area contributed by atoms with E-state index in [1.165, 1.54) is 4.23 Å². The van der Waals surface area contributed by atoms with E-state index in [0.717, 1.165) is 24.2 Å². The smallest absolute Gasteiger partial charge is 0.393 e. The van der Waals surface area contributed by atoms with Crippen molar-refractivity contribution < 1.29 is 18.0 Å². The van der Waals surface area contributed by atoms with Crippen LogP contribution in [-0.4, -0.2) is 34.2 Å². The van der Waals surface area contributed by atoms with E-state index in [1.54, 1.807) is 0 Å². The van der Waals surface area contributed by atoms with Gasteiger partial charge in [-0.05, 0) is 24.2 Å². The molecule has 102 valence electrons. The summed E-state index contributed by atoms with van der Waals surface area (Å²) in [5.74, 6) is -1.57. The van der Waals surface area contributed by atoms with Crippen LogP contribution < -0.4 is 0 Å². The van der Waals surface area contributed by atoms with Crippen molar-refractivity contribution in [2.75, 3.05) is 0 Å². The number of hydrogen-bond donors (Lipinski definition) is 0. The van der Waals surface area contributed by atoms with Gasteiger partial charge in [-0.3, -0.25) is 4.79 Å². The summed E-state index contributed by atoms with van der Waals surface area (Å²) in [6.45, 7) is 7.59. The number of hydrogen-bond acceptors (Lipinski definition) is 1. The lowest BCUT2D eigenvalue weighted by atomic mass is 10.6. The Labute approximate surface area is 105 Å². The van der Waals surface area contributed by atoms with E-state index in [2.05, 4.69) is 0 Å². The summed E-state index contributed by atoms with van der Waals surface area (Å²) in [5, 5.41) is 0. The number of nitrogens with zero attached hydrogens (tertiary/aromatic N) is 1. The summed E-state index contributed by atoms with van der Waals surface area (Å²) in [6.07, 6.45) is -4.70. The third kappa shape index (κ3) is 4.46. The molecule has 17 heavy (non-hydrogen) atoms. The highest BCUT2D eigenvalue weighted by Crippen LogP contribution is 2.24. The average Bonchev–Trinajstić information content (AvgIpc) is 2.27. The maximum atomic E-state index is 12.6. The van der Waals surface area contributed by atoms with Gasteiger partial charge < -0.3 is 4.23 Å². The van der Waals surface area contributed by atoms with Crippen molar-refractivity contribution in [1.82, 2.24) is 4.23 Å². The van der Waals surface area contributed by atoms with Gasteiger partial charge >= 0.3 is 12.1 Å². The molecule has 0 saturated heterocycles. The van der Waals surface area contributed by atoms with Gasteiger partial charge in [-0.1, -0.05) is 27.7 Å². The lowest BCUT2D eigenvalue weighted by molar-refractivity contribution is -0.177. The van der Waals surface area contributed by atoms with Crippen molar-refractivity contribution in [3.8, 4) is 0 Å². The molecule has 0 fully saturated rings. The first-order chi connectivity index (χ1) is 7.83. The lowest BCUT2D eigenvalue weighted by Gasteiger charge is -2.36. The Balaban J connectivity index is 5.16. The Morgan fingerprint density at radius 1 is 0.941 bits per heavy atom. The molecule has 0 aliphatic heterocycles. The van der Waals surface area contributed by atoms with Crippen LogP contribution in [0.15, 0.2) is 0 Å². The fraction of sp³-hybridized carbons (Fsp3) is 0.900. The van der Waals surface area contributed by atoms with Crippen LogP contribution >= 0.6 is 0 Å². The Morgan fingerprint density at radius 2 is 1.24 bits per heavy atom. The van der Waals surface area contributed by atoms with Gasteiger partial charge in [-0.25, -0.2) is 0 Å². The molecule has 2 nitrogen and oxygen atoms in total. The number of carbonyl (C=O) groups is 1. The summed E-state index contributed by atoms with van der Waals surface area (Å²) >= 11 is 0. The Bertz CT molecular complexity index is 228. The van der Waals surface area contributed by atoms with Crippen LogP contribution in [0.5, 0.6) is 0 Å². The van der Waals surface area contributed by atoms with Gasteiger partial charge in [-0.15, -0.1) is 0 Å². The Hall–Kier alpha value is -0.306. The summed E-state index contributed by atoms with van der Waals surface area (Å²) in [6, 6.07) is 2.90. The average molecular weight is 285 g/mol. The van der Waals surface area contributed by atoms with E-state index in [4.69, 9.17) is 0 Å². The molecule has 0 radical (unpaired) electrons. The number of carbonyl (C=O) groups excluding carboxylic acids is 1. The highest BCUT2D eigenvalue weighted by atomic mass is 28.4. The van der Waals surface area contributed by atoms with Gasteiger partial charge in [-0.2, -0.15) is 13.2 Å². The third-order valence-corrected chi connectivity index (χ3v) is 11.5. The minimum absolute atomic E-state index is 0.724. The van der Waals surface area contributed by atoms with Crippen LogP contribution in [0.25, 0.3) is 0 Å². The minimum Gasteiger partial charge on any atom is -0.393 e. The quantitative estimate of drug-likeness (QED) is 0.687. The number of halogens is 3. The van der Waals surface area contributed by atoms with Crippen LogP contribution in [0.1, 0.15) is 27.7 Å². The topological polar surface area (TPSA) is 20.3 Å². The predicted octanol–water partition coefficient (Wildman–Crippen LogP) is 2.90. The van der Waals surface area contributed by atoms with E-state index in [9.17, 15) is 18.0 Å². The molecule has 0 aliphatic carbocycles. The van der Waals surface area contributed by atoms with E-state index in [0.29, 0.717) is 0 Å². The first-order valence-electron chi connectivity index (χ1n) is 6.22. The van der Waals surface area contributed by atoms with Crippen molar-refractivity contribution in [2.24, 2.45) is 0 Å². The SMILES string of the molecule is CC[SiH](CC)N(C(=O)C(F)(F)F)[SiH](CC)CC. The second kappa shape index (κ2) is 7.20. The molecule has 0 aromatic carbocycles. The second-order valence-corrected chi connectivity index (χ2v) is 11.7. The summed E-state index contributed by atoms with van der Waals surface area (Å²) in [7, 11) is -3.46. The van der Waals surface area contributed by atoms with Gasteiger partial charge in [0, 0.05) is 0 Å². The van der Waals surface area contributed by atoms with Crippen LogP contribution in [0, 0.1) is 0 Å². The third-order valence-electron chi connectivity index (χ3n) is 3.15. The fourth-order valence-corrected chi connectivity index (χ4v) is 10.7. The fourth-order valence-electron chi connectivity index (χ4n) is 2.14. The molecule has 0 spiro atoms. The molecular formula is C10H22F3NOSi2. The molecule has 0 aliphatic rings. The van der Waals surface area contributed by atoms with Crippen molar-refractivity contribution >= 4 is 23.8 Å². The molecule has 0 rings (SSSR count). The zero-order valence-corrected chi connectivity index (χ0v) is 13.3. The maximum absolute atomic E-state index is 12.6. The van der Waals surface area contributed by atoms with Crippen molar-refractivity contribution in [3.63, 3.8) is 0 Å². The van der Waals surface area contributed by atoms with Crippen molar-refractivity contribution in [1.29, 1.82) is 0 Å².